The average Bonchev–Trinajstić information content (AvgIpc) is 2.55. The number of nitrogens with two attached hydrogens (primary N) is 1. The molecule has 0 bridgehead atoms. The van der Waals surface area contributed by atoms with Gasteiger partial charge in [0.15, 0.2) is 6.17 Å². The van der Waals surface area contributed by atoms with E-state index in [1.807, 2.05) is 0 Å². The molecule has 2 rings (SSSR count). The van der Waals surface area contributed by atoms with E-state index in [4.69, 9.17) is 15.6 Å². The lowest BCUT2D eigenvalue weighted by Gasteiger charge is -2.23. The number of rotatable bonds is 2. The van der Waals surface area contributed by atoms with Crippen LogP contribution in [0.15, 0.2) is 17.1 Å². The Kier molecular flexibility index (Phi) is 2.84. The van der Waals surface area contributed by atoms with Crippen LogP contribution in [0.1, 0.15) is 6.42 Å². The number of ether oxygens (including phenoxy) is 1. The molecular formula is C9H11F2N3O3. The molecule has 17 heavy (non-hydrogen) atoms. The van der Waals surface area contributed by atoms with E-state index in [2.05, 4.69) is 4.98 Å². The highest BCUT2D eigenvalue weighted by atomic mass is 19.2. The van der Waals surface area contributed by atoms with Crippen LogP contribution in [0.3, 0.4) is 0 Å². The van der Waals surface area contributed by atoms with Gasteiger partial charge >= 0.3 is 11.7 Å². The SMILES string of the molecule is Nc1ccn([C@]2(F)O[C@H](CO)C[C@H]2F)c(=O)n1. The van der Waals surface area contributed by atoms with Crippen LogP contribution in [-0.2, 0) is 10.7 Å². The molecule has 0 radical (unpaired) electrons. The Morgan fingerprint density at radius 3 is 3.00 bits per heavy atom. The molecule has 94 valence electrons. The van der Waals surface area contributed by atoms with Crippen molar-refractivity contribution in [1.29, 1.82) is 0 Å². The zero-order valence-electron chi connectivity index (χ0n) is 8.72. The predicted molar refractivity (Wildman–Crippen MR) is 53.5 cm³/mol. The first-order chi connectivity index (χ1) is 7.97. The second-order valence-electron chi connectivity index (χ2n) is 3.74. The number of hydrogen-bond acceptors (Lipinski definition) is 5. The molecule has 0 saturated carbocycles. The van der Waals surface area contributed by atoms with Crippen LogP contribution in [0.2, 0.25) is 0 Å². The summed E-state index contributed by atoms with van der Waals surface area (Å²) in [6.45, 7) is -0.525. The van der Waals surface area contributed by atoms with Gasteiger partial charge in [-0.1, -0.05) is 0 Å². The van der Waals surface area contributed by atoms with Gasteiger partial charge in [-0.05, 0) is 6.07 Å². The third-order valence-electron chi connectivity index (χ3n) is 2.55. The van der Waals surface area contributed by atoms with Gasteiger partial charge in [0.05, 0.1) is 12.7 Å². The van der Waals surface area contributed by atoms with Gasteiger partial charge in [0, 0.05) is 12.6 Å². The molecule has 0 unspecified atom stereocenters. The van der Waals surface area contributed by atoms with E-state index in [0.29, 0.717) is 4.57 Å². The lowest BCUT2D eigenvalue weighted by molar-refractivity contribution is -0.226. The van der Waals surface area contributed by atoms with Crippen molar-refractivity contribution in [2.45, 2.75) is 24.7 Å². The molecule has 6 nitrogen and oxygen atoms in total. The normalized spacial score (nSPS) is 32.9. The van der Waals surface area contributed by atoms with Crippen LogP contribution < -0.4 is 11.4 Å². The fourth-order valence-corrected chi connectivity index (χ4v) is 1.70. The number of anilines is 1. The highest BCUT2D eigenvalue weighted by Crippen LogP contribution is 2.37. The van der Waals surface area contributed by atoms with Crippen molar-refractivity contribution in [3.8, 4) is 0 Å². The van der Waals surface area contributed by atoms with Crippen LogP contribution in [-0.4, -0.2) is 33.5 Å². The van der Waals surface area contributed by atoms with Gasteiger partial charge in [-0.25, -0.2) is 13.8 Å². The summed E-state index contributed by atoms with van der Waals surface area (Å²) in [6, 6.07) is 1.16. The third kappa shape index (κ3) is 1.89. The lowest BCUT2D eigenvalue weighted by Crippen LogP contribution is -2.44. The highest BCUT2D eigenvalue weighted by molar-refractivity contribution is 5.23. The zero-order valence-corrected chi connectivity index (χ0v) is 8.72. The standard InChI is InChI=1S/C9H11F2N3O3/c10-6-3-5(4-15)17-9(6,11)14-2-1-7(12)13-8(14)16/h1-2,5-6,15H,3-4H2,(H2,12,13,16)/t5-,6+,9-/m0/s1. The molecule has 2 heterocycles. The molecule has 3 atom stereocenters. The monoisotopic (exact) mass is 247 g/mol. The molecule has 1 fully saturated rings. The second kappa shape index (κ2) is 4.04. The Morgan fingerprint density at radius 2 is 2.47 bits per heavy atom. The van der Waals surface area contributed by atoms with Gasteiger partial charge in [-0.3, -0.25) is 0 Å². The summed E-state index contributed by atoms with van der Waals surface area (Å²) in [5.41, 5.74) is 4.19. The van der Waals surface area contributed by atoms with Gasteiger partial charge in [0.1, 0.15) is 5.82 Å². The van der Waals surface area contributed by atoms with Crippen LogP contribution in [0.4, 0.5) is 14.6 Å². The Hall–Kier alpha value is -1.54. The van der Waals surface area contributed by atoms with Gasteiger partial charge in [0.25, 0.3) is 0 Å². The predicted octanol–water partition coefficient (Wildman–Crippen LogP) is -0.475. The van der Waals surface area contributed by atoms with Crippen molar-refractivity contribution in [2.24, 2.45) is 0 Å². The van der Waals surface area contributed by atoms with Crippen molar-refractivity contribution >= 4 is 5.82 Å². The number of hydrogen-bond donors (Lipinski definition) is 2. The maximum absolute atomic E-state index is 14.2. The number of nitrogen functional groups attached to an aromatic ring is 1. The van der Waals surface area contributed by atoms with Crippen LogP contribution >= 0.6 is 0 Å². The lowest BCUT2D eigenvalue weighted by atomic mass is 10.2. The number of halogens is 2. The number of nitrogens with zero attached hydrogens (tertiary/aromatic N) is 2. The molecule has 1 saturated heterocycles. The fraction of sp³-hybridized carbons (Fsp3) is 0.556. The summed E-state index contributed by atoms with van der Waals surface area (Å²) in [7, 11) is 0. The number of aromatic nitrogens is 2. The fourth-order valence-electron chi connectivity index (χ4n) is 1.70. The zero-order chi connectivity index (χ0) is 12.6. The smallest absolute Gasteiger partial charge is 0.354 e. The highest BCUT2D eigenvalue weighted by Gasteiger charge is 2.52. The quantitative estimate of drug-likeness (QED) is 0.737. The number of alkyl halides is 2. The largest absolute Gasteiger partial charge is 0.394 e. The molecular weight excluding hydrogens is 236 g/mol. The van der Waals surface area contributed by atoms with Crippen molar-refractivity contribution in [3.05, 3.63) is 22.7 Å². The minimum absolute atomic E-state index is 0.0954. The van der Waals surface area contributed by atoms with E-state index in [-0.39, 0.29) is 12.2 Å². The van der Waals surface area contributed by atoms with Gasteiger partial charge in [0.2, 0.25) is 0 Å². The molecule has 3 N–H and O–H groups in total. The van der Waals surface area contributed by atoms with Crippen LogP contribution in [0.25, 0.3) is 0 Å². The molecule has 8 heteroatoms. The first-order valence-electron chi connectivity index (χ1n) is 4.94. The summed E-state index contributed by atoms with van der Waals surface area (Å²) < 4.78 is 32.9. The number of aliphatic hydroxyl groups is 1. The van der Waals surface area contributed by atoms with Crippen molar-refractivity contribution in [3.63, 3.8) is 0 Å². The molecule has 1 aromatic rings. The molecule has 0 amide bonds. The molecule has 1 aliphatic heterocycles. The summed E-state index contributed by atoms with van der Waals surface area (Å²) in [5.74, 6) is -3.03. The summed E-state index contributed by atoms with van der Waals surface area (Å²) in [6.07, 6.45) is -2.40. The van der Waals surface area contributed by atoms with E-state index in [0.717, 1.165) is 12.3 Å². The molecule has 0 spiro atoms. The van der Waals surface area contributed by atoms with Crippen molar-refractivity contribution < 1.29 is 18.6 Å². The van der Waals surface area contributed by atoms with E-state index in [9.17, 15) is 13.6 Å². The van der Waals surface area contributed by atoms with Gasteiger partial charge < -0.3 is 15.6 Å². The Morgan fingerprint density at radius 1 is 1.76 bits per heavy atom. The van der Waals surface area contributed by atoms with E-state index in [1.165, 1.54) is 0 Å². The summed E-state index contributed by atoms with van der Waals surface area (Å²) in [4.78, 5) is 14.7. The van der Waals surface area contributed by atoms with Crippen molar-refractivity contribution in [1.82, 2.24) is 9.55 Å². The van der Waals surface area contributed by atoms with Crippen LogP contribution in [0, 0.1) is 0 Å². The Labute approximate surface area is 94.6 Å². The van der Waals surface area contributed by atoms with Gasteiger partial charge in [-0.2, -0.15) is 9.37 Å². The second-order valence-corrected chi connectivity index (χ2v) is 3.74. The van der Waals surface area contributed by atoms with Gasteiger partial charge in [-0.15, -0.1) is 0 Å². The summed E-state index contributed by atoms with van der Waals surface area (Å²) in [5, 5.41) is 8.80. The Bertz CT molecular complexity index is 481. The first-order valence-corrected chi connectivity index (χ1v) is 4.94. The molecule has 0 aromatic carbocycles. The average molecular weight is 247 g/mol. The maximum atomic E-state index is 14.2. The summed E-state index contributed by atoms with van der Waals surface area (Å²) >= 11 is 0. The van der Waals surface area contributed by atoms with Crippen LogP contribution in [0.5, 0.6) is 0 Å². The minimum atomic E-state index is -2.94. The van der Waals surface area contributed by atoms with Crippen molar-refractivity contribution in [2.75, 3.05) is 12.3 Å². The minimum Gasteiger partial charge on any atom is -0.394 e. The van der Waals surface area contributed by atoms with E-state index < -0.39 is 30.6 Å². The molecule has 1 aromatic heterocycles. The van der Waals surface area contributed by atoms with E-state index >= 15 is 0 Å². The molecule has 1 aliphatic rings. The molecule has 0 aliphatic carbocycles. The third-order valence-corrected chi connectivity index (χ3v) is 2.55. The topological polar surface area (TPSA) is 90.4 Å². The first kappa shape index (κ1) is 11.9. The number of aliphatic hydroxyl groups excluding tert-OH is 1. The Balaban J connectivity index is 2.42. The van der Waals surface area contributed by atoms with E-state index in [1.54, 1.807) is 0 Å². The maximum Gasteiger partial charge on any atom is 0.354 e.